The zero-order chi connectivity index (χ0) is 15.6. The van der Waals surface area contributed by atoms with Gasteiger partial charge in [-0.2, -0.15) is 0 Å². The zero-order valence-electron chi connectivity index (χ0n) is 12.7. The van der Waals surface area contributed by atoms with Gasteiger partial charge in [0.2, 0.25) is 0 Å². The van der Waals surface area contributed by atoms with E-state index in [0.29, 0.717) is 0 Å². The molecule has 0 saturated heterocycles. The summed E-state index contributed by atoms with van der Waals surface area (Å²) < 4.78 is 0. The molecular weight excluding hydrogens is 302 g/mol. The van der Waals surface area contributed by atoms with Gasteiger partial charge in [-0.15, -0.1) is 0 Å². The van der Waals surface area contributed by atoms with Crippen molar-refractivity contribution in [2.24, 2.45) is 0 Å². The fourth-order valence-corrected chi connectivity index (χ4v) is 3.42. The molecule has 4 rings (SSSR count). The highest BCUT2D eigenvalue weighted by Gasteiger charge is 2.12. The highest BCUT2D eigenvalue weighted by Crippen LogP contribution is 2.33. The second-order valence-electron chi connectivity index (χ2n) is 5.35. The van der Waals surface area contributed by atoms with Crippen LogP contribution in [0.1, 0.15) is 5.69 Å². The highest BCUT2D eigenvalue weighted by atomic mass is 32.2. The molecule has 112 valence electrons. The minimum absolute atomic E-state index is 0.749. The molecule has 0 aliphatic carbocycles. The van der Waals surface area contributed by atoms with E-state index in [-0.39, 0.29) is 0 Å². The summed E-state index contributed by atoms with van der Waals surface area (Å²) >= 11 is 1.67. The van der Waals surface area contributed by atoms with Crippen LogP contribution in [-0.4, -0.2) is 15.0 Å². The molecule has 0 atom stereocenters. The Morgan fingerprint density at radius 2 is 1.57 bits per heavy atom. The summed E-state index contributed by atoms with van der Waals surface area (Å²) in [7, 11) is 0. The van der Waals surface area contributed by atoms with Crippen molar-refractivity contribution in [3.05, 3.63) is 72.4 Å². The lowest BCUT2D eigenvalue weighted by Crippen LogP contribution is -1.92. The Kier molecular flexibility index (Phi) is 3.60. The molecule has 0 fully saturated rings. The van der Waals surface area contributed by atoms with Crippen molar-refractivity contribution in [2.45, 2.75) is 16.8 Å². The predicted octanol–water partition coefficient (Wildman–Crippen LogP) is 5.08. The average molecular weight is 317 g/mol. The maximum Gasteiger partial charge on any atom is 0.162 e. The summed E-state index contributed by atoms with van der Waals surface area (Å²) in [5.41, 5.74) is 3.00. The number of rotatable bonds is 3. The number of H-pyrrole nitrogens is 1. The van der Waals surface area contributed by atoms with E-state index in [1.54, 1.807) is 11.8 Å². The highest BCUT2D eigenvalue weighted by molar-refractivity contribution is 7.99. The SMILES string of the molecule is Cc1cc2c(Sc3ccccc3)nc(-c3ccccc3)nc2[nH]1. The molecule has 1 N–H and O–H groups in total. The van der Waals surface area contributed by atoms with Gasteiger partial charge in [-0.25, -0.2) is 9.97 Å². The molecule has 2 aromatic heterocycles. The second-order valence-corrected chi connectivity index (χ2v) is 6.41. The smallest absolute Gasteiger partial charge is 0.162 e. The normalized spacial score (nSPS) is 11.0. The van der Waals surface area contributed by atoms with E-state index < -0.39 is 0 Å². The van der Waals surface area contributed by atoms with Gasteiger partial charge in [0.15, 0.2) is 5.82 Å². The first-order chi connectivity index (χ1) is 11.3. The van der Waals surface area contributed by atoms with E-state index in [9.17, 15) is 0 Å². The molecular formula is C19H15N3S. The molecule has 3 nitrogen and oxygen atoms in total. The maximum absolute atomic E-state index is 4.81. The minimum Gasteiger partial charge on any atom is -0.343 e. The lowest BCUT2D eigenvalue weighted by molar-refractivity contribution is 1.10. The first-order valence-corrected chi connectivity index (χ1v) is 8.27. The van der Waals surface area contributed by atoms with Gasteiger partial charge in [-0.1, -0.05) is 60.3 Å². The van der Waals surface area contributed by atoms with Gasteiger partial charge >= 0.3 is 0 Å². The van der Waals surface area contributed by atoms with Gasteiger partial charge in [0.25, 0.3) is 0 Å². The molecule has 0 aliphatic rings. The number of nitrogens with one attached hydrogen (secondary N) is 1. The van der Waals surface area contributed by atoms with E-state index in [4.69, 9.17) is 4.98 Å². The number of fused-ring (bicyclic) bond motifs is 1. The van der Waals surface area contributed by atoms with E-state index in [0.717, 1.165) is 33.1 Å². The molecule has 0 saturated carbocycles. The lowest BCUT2D eigenvalue weighted by Gasteiger charge is -2.06. The van der Waals surface area contributed by atoms with Crippen molar-refractivity contribution < 1.29 is 0 Å². The summed E-state index contributed by atoms with van der Waals surface area (Å²) in [5, 5.41) is 2.04. The van der Waals surface area contributed by atoms with Crippen LogP contribution in [0, 0.1) is 6.92 Å². The van der Waals surface area contributed by atoms with Crippen molar-refractivity contribution in [3.8, 4) is 11.4 Å². The molecule has 0 bridgehead atoms. The standard InChI is InChI=1S/C19H15N3S/c1-13-12-16-18(20-13)21-17(14-8-4-2-5-9-14)22-19(16)23-15-10-6-3-7-11-15/h2-12H,1H3,(H,20,21,22). The number of benzene rings is 2. The van der Waals surface area contributed by atoms with Crippen molar-refractivity contribution in [2.75, 3.05) is 0 Å². The first kappa shape index (κ1) is 14.0. The third kappa shape index (κ3) is 2.85. The summed E-state index contributed by atoms with van der Waals surface area (Å²) in [5.74, 6) is 0.749. The second kappa shape index (κ2) is 5.89. The molecule has 2 aromatic carbocycles. The molecule has 0 radical (unpaired) electrons. The summed E-state index contributed by atoms with van der Waals surface area (Å²) in [6.07, 6.45) is 0. The van der Waals surface area contributed by atoms with Crippen molar-refractivity contribution >= 4 is 22.8 Å². The molecule has 4 aromatic rings. The number of aromatic nitrogens is 3. The van der Waals surface area contributed by atoms with E-state index >= 15 is 0 Å². The van der Waals surface area contributed by atoms with Gasteiger partial charge in [-0.05, 0) is 25.1 Å². The fourth-order valence-electron chi connectivity index (χ4n) is 2.51. The zero-order valence-corrected chi connectivity index (χ0v) is 13.5. The Morgan fingerprint density at radius 1 is 0.870 bits per heavy atom. The first-order valence-electron chi connectivity index (χ1n) is 7.45. The van der Waals surface area contributed by atoms with Gasteiger partial charge in [0.05, 0.1) is 5.39 Å². The Balaban J connectivity index is 1.87. The lowest BCUT2D eigenvalue weighted by atomic mass is 10.2. The van der Waals surface area contributed by atoms with Crippen molar-refractivity contribution in [3.63, 3.8) is 0 Å². The van der Waals surface area contributed by atoms with Gasteiger partial charge in [-0.3, -0.25) is 0 Å². The van der Waals surface area contributed by atoms with Crippen LogP contribution < -0.4 is 0 Å². The topological polar surface area (TPSA) is 41.6 Å². The molecule has 0 unspecified atom stereocenters. The Labute approximate surface area is 138 Å². The number of hydrogen-bond donors (Lipinski definition) is 1. The summed E-state index contributed by atoms with van der Waals surface area (Å²) in [6.45, 7) is 2.04. The minimum atomic E-state index is 0.749. The van der Waals surface area contributed by atoms with Crippen molar-refractivity contribution in [1.29, 1.82) is 0 Å². The molecule has 0 amide bonds. The van der Waals surface area contributed by atoms with Gasteiger partial charge in [0, 0.05) is 16.2 Å². The van der Waals surface area contributed by atoms with Crippen LogP contribution in [0.25, 0.3) is 22.4 Å². The third-order valence-corrected chi connectivity index (χ3v) is 4.59. The monoisotopic (exact) mass is 317 g/mol. The number of nitrogens with zero attached hydrogens (tertiary/aromatic N) is 2. The van der Waals surface area contributed by atoms with Crippen LogP contribution in [-0.2, 0) is 0 Å². The quantitative estimate of drug-likeness (QED) is 0.535. The van der Waals surface area contributed by atoms with E-state index in [1.807, 2.05) is 55.5 Å². The van der Waals surface area contributed by atoms with Gasteiger partial charge in [0.1, 0.15) is 10.7 Å². The molecule has 2 heterocycles. The number of aryl methyl sites for hydroxylation is 1. The third-order valence-electron chi connectivity index (χ3n) is 3.58. The van der Waals surface area contributed by atoms with Crippen LogP contribution in [0.5, 0.6) is 0 Å². The van der Waals surface area contributed by atoms with Crippen LogP contribution >= 0.6 is 11.8 Å². The number of aromatic amines is 1. The van der Waals surface area contributed by atoms with Crippen LogP contribution in [0.4, 0.5) is 0 Å². The number of hydrogen-bond acceptors (Lipinski definition) is 3. The van der Waals surface area contributed by atoms with Crippen LogP contribution in [0.3, 0.4) is 0 Å². The van der Waals surface area contributed by atoms with Crippen LogP contribution in [0.15, 0.2) is 76.7 Å². The van der Waals surface area contributed by atoms with Crippen molar-refractivity contribution in [1.82, 2.24) is 15.0 Å². The Hall–Kier alpha value is -2.59. The largest absolute Gasteiger partial charge is 0.343 e. The van der Waals surface area contributed by atoms with E-state index in [1.165, 1.54) is 4.90 Å². The fraction of sp³-hybridized carbons (Fsp3) is 0.0526. The summed E-state index contributed by atoms with van der Waals surface area (Å²) in [6, 6.07) is 22.5. The van der Waals surface area contributed by atoms with Crippen LogP contribution in [0.2, 0.25) is 0 Å². The molecule has 0 spiro atoms. The Bertz CT molecular complexity index is 946. The Morgan fingerprint density at radius 3 is 2.30 bits per heavy atom. The molecule has 4 heteroatoms. The molecule has 23 heavy (non-hydrogen) atoms. The average Bonchev–Trinajstić information content (AvgIpc) is 2.97. The summed E-state index contributed by atoms with van der Waals surface area (Å²) in [4.78, 5) is 14.0. The predicted molar refractivity (Wildman–Crippen MR) is 94.6 cm³/mol. The molecule has 0 aliphatic heterocycles. The van der Waals surface area contributed by atoms with Gasteiger partial charge < -0.3 is 4.98 Å². The maximum atomic E-state index is 4.81. The van der Waals surface area contributed by atoms with E-state index in [2.05, 4.69) is 28.2 Å².